The first-order chi connectivity index (χ1) is 9.23. The van der Waals surface area contributed by atoms with Crippen LogP contribution in [0.1, 0.15) is 41.5 Å². The minimum atomic E-state index is -0.402. The normalized spacial score (nSPS) is 14.5. The number of carbonyl (C=O) groups excluding carboxylic acids is 3. The van der Waals surface area contributed by atoms with Crippen LogP contribution in [0.5, 0.6) is 0 Å². The fourth-order valence-electron chi connectivity index (χ4n) is 2.00. The molecule has 0 saturated carbocycles. The lowest BCUT2D eigenvalue weighted by molar-refractivity contribution is -0.134. The first-order valence-corrected chi connectivity index (χ1v) is 6.45. The van der Waals surface area contributed by atoms with Crippen molar-refractivity contribution >= 4 is 17.7 Å². The number of rotatable bonds is 2. The molecule has 1 aliphatic heterocycles. The van der Waals surface area contributed by atoms with Gasteiger partial charge in [-0.3, -0.25) is 19.3 Å². The van der Waals surface area contributed by atoms with E-state index in [1.165, 1.54) is 4.90 Å². The molecule has 0 aromatic heterocycles. The van der Waals surface area contributed by atoms with Gasteiger partial charge in [-0.25, -0.2) is 0 Å². The second-order valence-electron chi connectivity index (χ2n) is 5.87. The van der Waals surface area contributed by atoms with E-state index in [4.69, 9.17) is 0 Å². The molecule has 0 atom stereocenters. The van der Waals surface area contributed by atoms with Crippen LogP contribution in [0.4, 0.5) is 0 Å². The minimum absolute atomic E-state index is 0.222. The number of likely N-dealkylation sites (N-methyl/N-ethyl adjacent to an activating group) is 1. The molecule has 3 amide bonds. The van der Waals surface area contributed by atoms with Crippen LogP contribution < -0.4 is 0 Å². The second-order valence-corrected chi connectivity index (χ2v) is 5.87. The Morgan fingerprint density at radius 2 is 1.55 bits per heavy atom. The maximum atomic E-state index is 12.2. The van der Waals surface area contributed by atoms with E-state index >= 15 is 0 Å². The molecule has 5 nitrogen and oxygen atoms in total. The largest absolute Gasteiger partial charge is 0.339 e. The van der Waals surface area contributed by atoms with E-state index in [0.29, 0.717) is 11.1 Å². The van der Waals surface area contributed by atoms with Crippen LogP contribution in [0.25, 0.3) is 0 Å². The predicted molar refractivity (Wildman–Crippen MR) is 74.3 cm³/mol. The van der Waals surface area contributed by atoms with Gasteiger partial charge >= 0.3 is 0 Å². The molecule has 0 N–H and O–H groups in total. The smallest absolute Gasteiger partial charge is 0.262 e. The highest BCUT2D eigenvalue weighted by molar-refractivity contribution is 6.22. The molecule has 2 rings (SSSR count). The summed E-state index contributed by atoms with van der Waals surface area (Å²) in [5.74, 6) is -1.06. The Morgan fingerprint density at radius 1 is 1.10 bits per heavy atom. The highest BCUT2D eigenvalue weighted by Crippen LogP contribution is 2.22. The molecule has 0 unspecified atom stereocenters. The summed E-state index contributed by atoms with van der Waals surface area (Å²) in [6.07, 6.45) is 0. The van der Waals surface area contributed by atoms with Gasteiger partial charge in [-0.15, -0.1) is 0 Å². The Bertz CT molecular complexity index is 552. The quantitative estimate of drug-likeness (QED) is 0.769. The summed E-state index contributed by atoms with van der Waals surface area (Å²) in [5, 5.41) is 0. The van der Waals surface area contributed by atoms with Crippen molar-refractivity contribution in [1.29, 1.82) is 0 Å². The average molecular weight is 274 g/mol. The van der Waals surface area contributed by atoms with Crippen LogP contribution in [-0.2, 0) is 4.79 Å². The number of carbonyl (C=O) groups is 3. The first kappa shape index (κ1) is 14.2. The lowest BCUT2D eigenvalue weighted by Gasteiger charge is -2.33. The monoisotopic (exact) mass is 274 g/mol. The van der Waals surface area contributed by atoms with Gasteiger partial charge in [-0.2, -0.15) is 0 Å². The third kappa shape index (κ3) is 2.31. The van der Waals surface area contributed by atoms with Crippen molar-refractivity contribution in [2.24, 2.45) is 0 Å². The number of hydrogen-bond acceptors (Lipinski definition) is 3. The van der Waals surface area contributed by atoms with Crippen molar-refractivity contribution in [2.45, 2.75) is 26.3 Å². The maximum Gasteiger partial charge on any atom is 0.262 e. The number of benzene rings is 1. The molecule has 0 radical (unpaired) electrons. The molecule has 0 saturated heterocycles. The van der Waals surface area contributed by atoms with E-state index in [0.717, 1.165) is 4.90 Å². The highest BCUT2D eigenvalue weighted by atomic mass is 16.2. The van der Waals surface area contributed by atoms with Crippen LogP contribution in [0.15, 0.2) is 24.3 Å². The molecule has 1 aliphatic rings. The zero-order valence-corrected chi connectivity index (χ0v) is 12.1. The van der Waals surface area contributed by atoms with Crippen molar-refractivity contribution in [3.63, 3.8) is 0 Å². The minimum Gasteiger partial charge on any atom is -0.339 e. The Labute approximate surface area is 118 Å². The highest BCUT2D eigenvalue weighted by Gasteiger charge is 2.37. The Kier molecular flexibility index (Phi) is 3.38. The summed E-state index contributed by atoms with van der Waals surface area (Å²) in [4.78, 5) is 39.0. The molecule has 1 aromatic carbocycles. The number of fused-ring (bicyclic) bond motifs is 1. The molecular weight excluding hydrogens is 256 g/mol. The third-order valence-electron chi connectivity index (χ3n) is 3.55. The molecule has 0 aliphatic carbocycles. The van der Waals surface area contributed by atoms with Gasteiger partial charge in [0, 0.05) is 12.6 Å². The van der Waals surface area contributed by atoms with Crippen LogP contribution >= 0.6 is 0 Å². The Balaban J connectivity index is 2.19. The molecule has 20 heavy (non-hydrogen) atoms. The molecule has 5 heteroatoms. The number of hydrogen-bond donors (Lipinski definition) is 0. The summed E-state index contributed by atoms with van der Waals surface area (Å²) < 4.78 is 0. The molecule has 0 spiro atoms. The fourth-order valence-corrected chi connectivity index (χ4v) is 2.00. The maximum absolute atomic E-state index is 12.2. The summed E-state index contributed by atoms with van der Waals surface area (Å²) in [6.45, 7) is 5.47. The summed E-state index contributed by atoms with van der Waals surface area (Å²) >= 11 is 0. The molecular formula is C15H18N2O3. The summed E-state index contributed by atoms with van der Waals surface area (Å²) in [7, 11) is 1.67. The standard InChI is InChI=1S/C15H18N2O3/c1-15(2,3)16(4)12(18)9-17-13(19)10-7-5-6-8-11(10)14(17)20/h5-8H,9H2,1-4H3. The molecule has 1 heterocycles. The van der Waals surface area contributed by atoms with E-state index in [9.17, 15) is 14.4 Å². The van der Waals surface area contributed by atoms with Crippen LogP contribution in [-0.4, -0.2) is 46.7 Å². The lowest BCUT2D eigenvalue weighted by atomic mass is 10.1. The lowest BCUT2D eigenvalue weighted by Crippen LogP contribution is -2.48. The van der Waals surface area contributed by atoms with Gasteiger partial charge < -0.3 is 4.90 Å². The van der Waals surface area contributed by atoms with Gasteiger partial charge in [0.1, 0.15) is 6.54 Å². The van der Waals surface area contributed by atoms with Gasteiger partial charge in [0.05, 0.1) is 11.1 Å². The Hall–Kier alpha value is -2.17. The van der Waals surface area contributed by atoms with Gasteiger partial charge in [-0.1, -0.05) is 12.1 Å². The zero-order valence-electron chi connectivity index (χ0n) is 12.1. The molecule has 106 valence electrons. The van der Waals surface area contributed by atoms with Gasteiger partial charge in [0.15, 0.2) is 0 Å². The van der Waals surface area contributed by atoms with Gasteiger partial charge in [0.25, 0.3) is 11.8 Å². The SMILES string of the molecule is CN(C(=O)CN1C(=O)c2ccccc2C1=O)C(C)(C)C. The van der Waals surface area contributed by atoms with E-state index in [-0.39, 0.29) is 18.0 Å². The average Bonchev–Trinajstić information content (AvgIpc) is 2.62. The van der Waals surface area contributed by atoms with Crippen molar-refractivity contribution in [3.8, 4) is 0 Å². The van der Waals surface area contributed by atoms with Crippen LogP contribution in [0, 0.1) is 0 Å². The van der Waals surface area contributed by atoms with Gasteiger partial charge in [0.2, 0.25) is 5.91 Å². The van der Waals surface area contributed by atoms with Crippen LogP contribution in [0.3, 0.4) is 0 Å². The van der Waals surface area contributed by atoms with E-state index in [1.807, 2.05) is 20.8 Å². The summed E-state index contributed by atoms with van der Waals surface area (Å²) in [6, 6.07) is 6.62. The fraction of sp³-hybridized carbons (Fsp3) is 0.400. The van der Waals surface area contributed by atoms with Crippen molar-refractivity contribution < 1.29 is 14.4 Å². The zero-order chi connectivity index (χ0) is 15.1. The second kappa shape index (κ2) is 4.74. The number of imide groups is 1. The van der Waals surface area contributed by atoms with Gasteiger partial charge in [-0.05, 0) is 32.9 Å². The van der Waals surface area contributed by atoms with Crippen molar-refractivity contribution in [2.75, 3.05) is 13.6 Å². The van der Waals surface area contributed by atoms with Crippen molar-refractivity contribution in [1.82, 2.24) is 9.80 Å². The molecule has 1 aromatic rings. The van der Waals surface area contributed by atoms with E-state index in [2.05, 4.69) is 0 Å². The van der Waals surface area contributed by atoms with Crippen molar-refractivity contribution in [3.05, 3.63) is 35.4 Å². The topological polar surface area (TPSA) is 57.7 Å². The first-order valence-electron chi connectivity index (χ1n) is 6.45. The third-order valence-corrected chi connectivity index (χ3v) is 3.55. The van der Waals surface area contributed by atoms with E-state index < -0.39 is 11.8 Å². The predicted octanol–water partition coefficient (Wildman–Crippen LogP) is 1.54. The number of nitrogens with zero attached hydrogens (tertiary/aromatic N) is 2. The molecule has 0 bridgehead atoms. The Morgan fingerprint density at radius 3 is 1.95 bits per heavy atom. The van der Waals surface area contributed by atoms with Crippen LogP contribution in [0.2, 0.25) is 0 Å². The van der Waals surface area contributed by atoms with E-state index in [1.54, 1.807) is 31.3 Å². The molecule has 0 fully saturated rings. The number of amides is 3. The summed E-state index contributed by atoms with van der Waals surface area (Å²) in [5.41, 5.74) is 0.378.